The van der Waals surface area contributed by atoms with Gasteiger partial charge < -0.3 is 0 Å². The van der Waals surface area contributed by atoms with E-state index in [1.807, 2.05) is 56.3 Å². The Morgan fingerprint density at radius 3 is 2.00 bits per heavy atom. The molecule has 0 saturated heterocycles. The van der Waals surface area contributed by atoms with E-state index >= 15 is 0 Å². The van der Waals surface area contributed by atoms with Gasteiger partial charge in [-0.2, -0.15) is 0 Å². The van der Waals surface area contributed by atoms with Crippen LogP contribution in [0.4, 0.5) is 0 Å². The van der Waals surface area contributed by atoms with Crippen LogP contribution in [0.5, 0.6) is 0 Å². The molecule has 0 spiro atoms. The Morgan fingerprint density at radius 2 is 1.48 bits per heavy atom. The second-order valence-electron chi connectivity index (χ2n) is 5.33. The highest BCUT2D eigenvalue weighted by Gasteiger charge is 2.25. The molecule has 2 nitrogen and oxygen atoms in total. The minimum Gasteiger partial charge on any atom is -0.223 e. The summed E-state index contributed by atoms with van der Waals surface area (Å²) < 4.78 is 25.7. The molecule has 0 aliphatic rings. The summed E-state index contributed by atoms with van der Waals surface area (Å²) in [5.41, 5.74) is 2.04. The Morgan fingerprint density at radius 1 is 0.952 bits per heavy atom. The van der Waals surface area contributed by atoms with Crippen LogP contribution in [0.25, 0.3) is 0 Å². The Hall–Kier alpha value is -1.87. The Kier molecular flexibility index (Phi) is 4.97. The average molecular weight is 300 g/mol. The van der Waals surface area contributed by atoms with Crippen molar-refractivity contribution < 1.29 is 8.42 Å². The summed E-state index contributed by atoms with van der Waals surface area (Å²) >= 11 is 0. The average Bonchev–Trinajstić information content (AvgIpc) is 2.48. The topological polar surface area (TPSA) is 34.1 Å². The van der Waals surface area contributed by atoms with Gasteiger partial charge in [-0.1, -0.05) is 60.2 Å². The van der Waals surface area contributed by atoms with Gasteiger partial charge in [-0.25, -0.2) is 8.42 Å². The van der Waals surface area contributed by atoms with Gasteiger partial charge >= 0.3 is 0 Å². The van der Waals surface area contributed by atoms with Crippen LogP contribution in [0.15, 0.2) is 77.2 Å². The largest absolute Gasteiger partial charge is 0.223 e. The Labute approximate surface area is 127 Å². The molecule has 1 unspecified atom stereocenters. The zero-order chi connectivity index (χ0) is 15.3. The van der Waals surface area contributed by atoms with Crippen molar-refractivity contribution in [2.75, 3.05) is 0 Å². The summed E-state index contributed by atoms with van der Waals surface area (Å²) in [6, 6.07) is 18.4. The number of sulfone groups is 1. The first-order valence-electron chi connectivity index (χ1n) is 6.98. The second kappa shape index (κ2) is 6.72. The smallest absolute Gasteiger partial charge is 0.185 e. The first-order valence-corrected chi connectivity index (χ1v) is 8.52. The molecule has 0 saturated carbocycles. The maximum absolute atomic E-state index is 12.8. The maximum Gasteiger partial charge on any atom is 0.185 e. The first kappa shape index (κ1) is 15.5. The highest BCUT2D eigenvalue weighted by molar-refractivity contribution is 7.92. The van der Waals surface area contributed by atoms with Gasteiger partial charge in [0, 0.05) is 0 Å². The van der Waals surface area contributed by atoms with Crippen molar-refractivity contribution in [3.63, 3.8) is 0 Å². The standard InChI is InChI=1S/C18H20O2S/c1-15(2)13-18(14-16-9-5-3-6-10-16)21(19,20)17-11-7-4-8-12-17/h3-13,18H,14H2,1-2H3. The van der Waals surface area contributed by atoms with Gasteiger partial charge in [-0.15, -0.1) is 0 Å². The lowest BCUT2D eigenvalue weighted by molar-refractivity contribution is 0.587. The number of allylic oxidation sites excluding steroid dienone is 1. The number of rotatable bonds is 5. The molecule has 2 aromatic carbocycles. The van der Waals surface area contributed by atoms with Gasteiger partial charge in [0.1, 0.15) is 0 Å². The van der Waals surface area contributed by atoms with Crippen LogP contribution in [0.1, 0.15) is 19.4 Å². The highest BCUT2D eigenvalue weighted by atomic mass is 32.2. The lowest BCUT2D eigenvalue weighted by atomic mass is 10.1. The molecule has 0 aliphatic heterocycles. The second-order valence-corrected chi connectivity index (χ2v) is 7.50. The molecule has 2 rings (SSSR count). The minimum atomic E-state index is -3.37. The molecule has 1 atom stereocenters. The van der Waals surface area contributed by atoms with Crippen LogP contribution in [-0.2, 0) is 16.3 Å². The number of hydrogen-bond donors (Lipinski definition) is 0. The van der Waals surface area contributed by atoms with E-state index < -0.39 is 15.1 Å². The molecule has 110 valence electrons. The zero-order valence-corrected chi connectivity index (χ0v) is 13.2. The molecule has 0 amide bonds. The third-order valence-electron chi connectivity index (χ3n) is 3.27. The van der Waals surface area contributed by atoms with Crippen molar-refractivity contribution in [1.29, 1.82) is 0 Å². The molecule has 21 heavy (non-hydrogen) atoms. The molecular weight excluding hydrogens is 280 g/mol. The van der Waals surface area contributed by atoms with Crippen molar-refractivity contribution in [3.05, 3.63) is 77.9 Å². The summed E-state index contributed by atoms with van der Waals surface area (Å²) in [7, 11) is -3.37. The number of hydrogen-bond acceptors (Lipinski definition) is 2. The SMILES string of the molecule is CC(C)=CC(Cc1ccccc1)S(=O)(=O)c1ccccc1. The van der Waals surface area contributed by atoms with E-state index in [1.165, 1.54) is 0 Å². The van der Waals surface area contributed by atoms with E-state index in [0.717, 1.165) is 11.1 Å². The molecule has 0 aliphatic carbocycles. The summed E-state index contributed by atoms with van der Waals surface area (Å²) in [5, 5.41) is -0.535. The molecule has 0 N–H and O–H groups in total. The van der Waals surface area contributed by atoms with E-state index in [9.17, 15) is 8.42 Å². The van der Waals surface area contributed by atoms with E-state index in [1.54, 1.807) is 24.3 Å². The normalized spacial score (nSPS) is 12.7. The van der Waals surface area contributed by atoms with Gasteiger partial charge in [0.25, 0.3) is 0 Å². The molecule has 0 radical (unpaired) electrons. The van der Waals surface area contributed by atoms with Crippen molar-refractivity contribution in [2.24, 2.45) is 0 Å². The van der Waals surface area contributed by atoms with Crippen LogP contribution >= 0.6 is 0 Å². The fourth-order valence-corrected chi connectivity index (χ4v) is 4.01. The van der Waals surface area contributed by atoms with Gasteiger partial charge in [-0.05, 0) is 38.0 Å². The van der Waals surface area contributed by atoms with E-state index in [2.05, 4.69) is 0 Å². The molecule has 0 heterocycles. The van der Waals surface area contributed by atoms with E-state index in [4.69, 9.17) is 0 Å². The van der Waals surface area contributed by atoms with Crippen molar-refractivity contribution in [2.45, 2.75) is 30.4 Å². The summed E-state index contributed by atoms with van der Waals surface area (Å²) in [5.74, 6) is 0. The first-order chi connectivity index (χ1) is 10.00. The lowest BCUT2D eigenvalue weighted by Gasteiger charge is -2.15. The summed E-state index contributed by atoms with van der Waals surface area (Å²) in [6.07, 6.45) is 2.33. The van der Waals surface area contributed by atoms with Crippen LogP contribution in [0, 0.1) is 0 Å². The lowest BCUT2D eigenvalue weighted by Crippen LogP contribution is -2.22. The maximum atomic E-state index is 12.8. The predicted octanol–water partition coefficient (Wildman–Crippen LogP) is 4.04. The fourth-order valence-electron chi connectivity index (χ4n) is 2.26. The van der Waals surface area contributed by atoms with Gasteiger partial charge in [-0.3, -0.25) is 0 Å². The third-order valence-corrected chi connectivity index (χ3v) is 5.30. The van der Waals surface area contributed by atoms with Gasteiger partial charge in [0.15, 0.2) is 9.84 Å². The molecule has 0 aromatic heterocycles. The highest BCUT2D eigenvalue weighted by Crippen LogP contribution is 2.21. The Bertz CT molecular complexity index is 697. The number of benzene rings is 2. The van der Waals surface area contributed by atoms with Crippen molar-refractivity contribution >= 4 is 9.84 Å². The van der Waals surface area contributed by atoms with Gasteiger partial charge in [0.05, 0.1) is 10.1 Å². The zero-order valence-electron chi connectivity index (χ0n) is 12.4. The molecule has 2 aromatic rings. The van der Waals surface area contributed by atoms with Gasteiger partial charge in [0.2, 0.25) is 0 Å². The fraction of sp³-hybridized carbons (Fsp3) is 0.222. The van der Waals surface area contributed by atoms with Crippen LogP contribution in [0.2, 0.25) is 0 Å². The quantitative estimate of drug-likeness (QED) is 0.781. The van der Waals surface area contributed by atoms with Crippen LogP contribution < -0.4 is 0 Å². The van der Waals surface area contributed by atoms with Crippen molar-refractivity contribution in [3.8, 4) is 0 Å². The molecule has 0 fully saturated rings. The predicted molar refractivity (Wildman–Crippen MR) is 87.0 cm³/mol. The van der Waals surface area contributed by atoms with E-state index in [0.29, 0.717) is 11.3 Å². The third kappa shape index (κ3) is 4.05. The molecular formula is C18H20O2S. The monoisotopic (exact) mass is 300 g/mol. The van der Waals surface area contributed by atoms with E-state index in [-0.39, 0.29) is 0 Å². The molecule has 3 heteroatoms. The van der Waals surface area contributed by atoms with Crippen molar-refractivity contribution in [1.82, 2.24) is 0 Å². The van der Waals surface area contributed by atoms with Crippen LogP contribution in [0.3, 0.4) is 0 Å². The summed E-state index contributed by atoms with van der Waals surface area (Å²) in [4.78, 5) is 0.378. The molecule has 0 bridgehead atoms. The Balaban J connectivity index is 2.39. The minimum absolute atomic E-state index is 0.378. The summed E-state index contributed by atoms with van der Waals surface area (Å²) in [6.45, 7) is 3.86. The van der Waals surface area contributed by atoms with Crippen LogP contribution in [-0.4, -0.2) is 13.7 Å².